The number of pyridine rings is 1. The number of anilines is 1. The minimum Gasteiger partial charge on any atom is -0.510 e. The van der Waals surface area contributed by atoms with Crippen molar-refractivity contribution in [1.82, 2.24) is 9.88 Å². The quantitative estimate of drug-likeness (QED) is 0.205. The molecule has 2 aliphatic heterocycles. The molecule has 4 aromatic carbocycles. The molecule has 196 valence electrons. The first-order valence-corrected chi connectivity index (χ1v) is 13.1. The molecule has 40 heavy (non-hydrogen) atoms. The van der Waals surface area contributed by atoms with Crippen LogP contribution in [0.4, 0.5) is 5.69 Å². The van der Waals surface area contributed by atoms with Crippen LogP contribution in [0.15, 0.2) is 122 Å². The number of hydrogen-bond acceptors (Lipinski definition) is 4. The maximum Gasteiger partial charge on any atom is 0.216 e. The Hall–Kier alpha value is -4.01. The Kier molecular flexibility index (Phi) is 7.36. The zero-order valence-electron chi connectivity index (χ0n) is 21.8. The Morgan fingerprint density at radius 1 is 0.725 bits per heavy atom. The van der Waals surface area contributed by atoms with Gasteiger partial charge in [-0.15, -0.1) is 17.8 Å². The number of benzene rings is 4. The summed E-state index contributed by atoms with van der Waals surface area (Å²) in [5.41, 5.74) is 8.24. The number of rotatable bonds is 5. The van der Waals surface area contributed by atoms with Crippen molar-refractivity contribution in [3.05, 3.63) is 141 Å². The Morgan fingerprint density at radius 2 is 1.50 bits per heavy atom. The summed E-state index contributed by atoms with van der Waals surface area (Å²) in [4.78, 5) is 8.48. The van der Waals surface area contributed by atoms with Crippen LogP contribution in [0.1, 0.15) is 0 Å². The Bertz CT molecular complexity index is 1670. The van der Waals surface area contributed by atoms with E-state index in [-0.39, 0.29) is 34.5 Å². The summed E-state index contributed by atoms with van der Waals surface area (Å²) in [5.74, 6) is 1.20. The van der Waals surface area contributed by atoms with Gasteiger partial charge in [0.1, 0.15) is 0 Å². The first-order valence-electron chi connectivity index (χ1n) is 13.1. The van der Waals surface area contributed by atoms with Gasteiger partial charge >= 0.3 is 0 Å². The van der Waals surface area contributed by atoms with Crippen molar-refractivity contribution in [2.24, 2.45) is 0 Å². The van der Waals surface area contributed by atoms with Crippen molar-refractivity contribution >= 4 is 51.9 Å². The summed E-state index contributed by atoms with van der Waals surface area (Å²) in [6.45, 7) is 2.10. The van der Waals surface area contributed by atoms with Gasteiger partial charge < -0.3 is 14.5 Å². The first-order chi connectivity index (χ1) is 19.2. The molecule has 0 aliphatic carbocycles. The smallest absolute Gasteiger partial charge is 0.216 e. The molecule has 0 radical (unpaired) electrons. The van der Waals surface area contributed by atoms with Gasteiger partial charge in [-0.05, 0) is 25.5 Å². The van der Waals surface area contributed by atoms with Crippen molar-refractivity contribution in [1.29, 1.82) is 0 Å². The molecule has 3 heterocycles. The molecule has 0 atom stereocenters. The predicted octanol–water partition coefficient (Wildman–Crippen LogP) is 2.16. The number of ether oxygens (including phenoxy) is 1. The van der Waals surface area contributed by atoms with Crippen molar-refractivity contribution in [3.63, 3.8) is 0 Å². The van der Waals surface area contributed by atoms with Crippen LogP contribution in [-0.4, -0.2) is 30.4 Å². The summed E-state index contributed by atoms with van der Waals surface area (Å²) < 4.78 is 6.17. The predicted molar refractivity (Wildman–Crippen MR) is 161 cm³/mol. The van der Waals surface area contributed by atoms with E-state index in [1.165, 1.54) is 21.9 Å². The second-order valence-corrected chi connectivity index (χ2v) is 9.84. The maximum absolute atomic E-state index is 6.17. The van der Waals surface area contributed by atoms with E-state index in [1.54, 1.807) is 6.20 Å². The fourth-order valence-corrected chi connectivity index (χ4v) is 5.65. The SMILES string of the molecule is CN1C=CN(c2[c-]c(B3c4[c-]c(Oc5ccccn5)ccc4B(c4ccccc4)c4ccccc43)ccc2)[CH-]1.[Pt]. The van der Waals surface area contributed by atoms with Gasteiger partial charge in [0.05, 0.1) is 0 Å². The zero-order valence-corrected chi connectivity index (χ0v) is 24.1. The molecule has 0 saturated heterocycles. The monoisotopic (exact) mass is 695 g/mol. The number of nitrogens with zero attached hydrogens (tertiary/aromatic N) is 3. The topological polar surface area (TPSA) is 28.6 Å². The van der Waals surface area contributed by atoms with E-state index in [2.05, 4.69) is 114 Å². The third-order valence-electron chi connectivity index (χ3n) is 7.35. The molecule has 7 rings (SSSR count). The molecular weight excluding hydrogens is 671 g/mol. The fraction of sp³-hybridized carbons (Fsp3) is 0.0303. The van der Waals surface area contributed by atoms with Crippen molar-refractivity contribution in [3.8, 4) is 11.6 Å². The number of fused-ring (bicyclic) bond motifs is 2. The van der Waals surface area contributed by atoms with Crippen molar-refractivity contribution in [2.45, 2.75) is 0 Å². The normalized spacial score (nSPS) is 13.5. The average Bonchev–Trinajstić information content (AvgIpc) is 3.43. The van der Waals surface area contributed by atoms with Crippen LogP contribution in [0.5, 0.6) is 11.6 Å². The molecule has 0 saturated carbocycles. The molecule has 2 aliphatic rings. The maximum atomic E-state index is 6.17. The third kappa shape index (κ3) is 4.89. The molecule has 5 aromatic rings. The summed E-state index contributed by atoms with van der Waals surface area (Å²) in [5, 5.41) is 0. The third-order valence-corrected chi connectivity index (χ3v) is 7.35. The number of aromatic nitrogens is 1. The molecule has 7 heteroatoms. The first kappa shape index (κ1) is 26.2. The second-order valence-electron chi connectivity index (χ2n) is 9.84. The van der Waals surface area contributed by atoms with Gasteiger partial charge in [0.25, 0.3) is 0 Å². The largest absolute Gasteiger partial charge is 0.510 e. The summed E-state index contributed by atoms with van der Waals surface area (Å²) >= 11 is 0. The Balaban J connectivity index is 0.00000289. The zero-order chi connectivity index (χ0) is 26.2. The van der Waals surface area contributed by atoms with E-state index in [9.17, 15) is 0 Å². The Labute approximate surface area is 250 Å². The Morgan fingerprint density at radius 3 is 2.25 bits per heavy atom. The summed E-state index contributed by atoms with van der Waals surface area (Å²) in [7, 11) is 2.02. The van der Waals surface area contributed by atoms with E-state index < -0.39 is 0 Å². The molecular formula is C33H24B2N3OPt-3. The van der Waals surface area contributed by atoms with Gasteiger partial charge in [-0.3, -0.25) is 0 Å². The van der Waals surface area contributed by atoms with Crippen LogP contribution in [0.25, 0.3) is 0 Å². The van der Waals surface area contributed by atoms with E-state index in [4.69, 9.17) is 4.74 Å². The van der Waals surface area contributed by atoms with Crippen LogP contribution >= 0.6 is 0 Å². The summed E-state index contributed by atoms with van der Waals surface area (Å²) in [6, 6.07) is 43.1. The van der Waals surface area contributed by atoms with Gasteiger partial charge in [-0.1, -0.05) is 77.1 Å². The molecule has 0 unspecified atom stereocenters. The van der Waals surface area contributed by atoms with E-state index in [0.717, 1.165) is 16.6 Å². The van der Waals surface area contributed by atoms with E-state index >= 15 is 0 Å². The molecule has 1 aromatic heterocycles. The van der Waals surface area contributed by atoms with Crippen LogP contribution in [0.2, 0.25) is 0 Å². The summed E-state index contributed by atoms with van der Waals surface area (Å²) in [6.07, 6.45) is 5.82. The standard InChI is InChI=1S/C33H24B2N3O.Pt/c1-37-20-21-38(24-37)27-13-9-12-26(22-27)35-30-15-6-5-14-29(30)34(25-10-3-2-4-11-25)31-18-17-28(23-32(31)35)39-33-16-7-8-19-36-33;/h2-21,24H,1H3;/q-3;. The molecule has 0 amide bonds. The van der Waals surface area contributed by atoms with Crippen LogP contribution in [-0.2, 0) is 21.1 Å². The minimum absolute atomic E-state index is 0. The minimum atomic E-state index is -0.0484. The van der Waals surface area contributed by atoms with Crippen molar-refractivity contribution in [2.75, 3.05) is 11.9 Å². The molecule has 0 bridgehead atoms. The van der Waals surface area contributed by atoms with Gasteiger partial charge in [0.2, 0.25) is 5.88 Å². The molecule has 0 fully saturated rings. The van der Waals surface area contributed by atoms with Gasteiger partial charge in [-0.2, -0.15) is 53.4 Å². The van der Waals surface area contributed by atoms with E-state index in [1.807, 2.05) is 42.4 Å². The second kappa shape index (κ2) is 11.2. The molecule has 4 nitrogen and oxygen atoms in total. The van der Waals surface area contributed by atoms with Crippen molar-refractivity contribution < 1.29 is 25.8 Å². The van der Waals surface area contributed by atoms with Gasteiger partial charge in [0, 0.05) is 39.1 Å². The van der Waals surface area contributed by atoms with E-state index in [0.29, 0.717) is 11.6 Å². The van der Waals surface area contributed by atoms with Crippen LogP contribution in [0.3, 0.4) is 0 Å². The van der Waals surface area contributed by atoms with Crippen LogP contribution in [0, 0.1) is 18.8 Å². The van der Waals surface area contributed by atoms with Gasteiger partial charge in [0.15, 0.2) is 13.4 Å². The fourth-order valence-electron chi connectivity index (χ4n) is 5.65. The molecule has 0 N–H and O–H groups in total. The average molecular weight is 695 g/mol. The van der Waals surface area contributed by atoms with Crippen LogP contribution < -0.4 is 42.4 Å². The number of hydrogen-bond donors (Lipinski definition) is 0. The molecule has 0 spiro atoms. The van der Waals surface area contributed by atoms with Gasteiger partial charge in [-0.25, -0.2) is 4.98 Å².